The fourth-order valence-electron chi connectivity index (χ4n) is 2.24. The van der Waals surface area contributed by atoms with Gasteiger partial charge in [-0.3, -0.25) is 9.69 Å². The van der Waals surface area contributed by atoms with Crippen molar-refractivity contribution in [2.45, 2.75) is 25.8 Å². The summed E-state index contributed by atoms with van der Waals surface area (Å²) in [6, 6.07) is 6.12. The van der Waals surface area contributed by atoms with E-state index in [2.05, 4.69) is 26.1 Å². The number of anilines is 1. The highest BCUT2D eigenvalue weighted by Gasteiger charge is 2.18. The second-order valence-corrected chi connectivity index (χ2v) is 5.98. The van der Waals surface area contributed by atoms with Gasteiger partial charge in [0.15, 0.2) is 0 Å². The van der Waals surface area contributed by atoms with Gasteiger partial charge >= 0.3 is 0 Å². The van der Waals surface area contributed by atoms with Gasteiger partial charge < -0.3 is 11.1 Å². The second-order valence-electron chi connectivity index (χ2n) is 5.13. The Kier molecular flexibility index (Phi) is 6.95. The average molecular weight is 363 g/mol. The topological polar surface area (TPSA) is 58.4 Å². The zero-order valence-corrected chi connectivity index (χ0v) is 14.0. The number of nitrogens with one attached hydrogen (secondary N) is 1. The number of aryl methyl sites for hydroxylation is 1. The van der Waals surface area contributed by atoms with E-state index in [0.717, 1.165) is 41.7 Å². The van der Waals surface area contributed by atoms with Crippen LogP contribution in [0.5, 0.6) is 0 Å². The molecule has 1 amide bonds. The lowest BCUT2D eigenvalue weighted by Crippen LogP contribution is -2.43. The number of hydrogen-bond donors (Lipinski definition) is 2. The fourth-order valence-corrected chi connectivity index (χ4v) is 2.48. The van der Waals surface area contributed by atoms with Crippen molar-refractivity contribution in [3.05, 3.63) is 28.2 Å². The Morgan fingerprint density at radius 1 is 1.45 bits per heavy atom. The number of piperidine rings is 1. The zero-order valence-electron chi connectivity index (χ0n) is 11.6. The van der Waals surface area contributed by atoms with Gasteiger partial charge in [-0.15, -0.1) is 12.4 Å². The second kappa shape index (κ2) is 7.98. The Balaban J connectivity index is 0.00000200. The van der Waals surface area contributed by atoms with Crippen LogP contribution < -0.4 is 11.1 Å². The van der Waals surface area contributed by atoms with E-state index < -0.39 is 0 Å². The van der Waals surface area contributed by atoms with Crippen LogP contribution in [0.4, 0.5) is 5.69 Å². The summed E-state index contributed by atoms with van der Waals surface area (Å²) in [4.78, 5) is 14.1. The van der Waals surface area contributed by atoms with Crippen molar-refractivity contribution in [3.8, 4) is 0 Å². The summed E-state index contributed by atoms with van der Waals surface area (Å²) < 4.78 is 1.05. The summed E-state index contributed by atoms with van der Waals surface area (Å²) >= 11 is 3.45. The summed E-state index contributed by atoms with van der Waals surface area (Å²) in [6.07, 6.45) is 1.95. The number of likely N-dealkylation sites (tertiary alicyclic amines) is 1. The van der Waals surface area contributed by atoms with Crippen molar-refractivity contribution in [1.29, 1.82) is 0 Å². The summed E-state index contributed by atoms with van der Waals surface area (Å²) in [5, 5.41) is 2.94. The predicted octanol–water partition coefficient (Wildman–Crippen LogP) is 2.54. The Morgan fingerprint density at radius 3 is 2.70 bits per heavy atom. The molecule has 112 valence electrons. The van der Waals surface area contributed by atoms with E-state index in [1.165, 1.54) is 0 Å². The molecule has 0 aliphatic carbocycles. The van der Waals surface area contributed by atoms with E-state index in [0.29, 0.717) is 12.6 Å². The Labute approximate surface area is 134 Å². The number of carbonyl (C=O) groups excluding carboxylic acids is 1. The van der Waals surface area contributed by atoms with Crippen molar-refractivity contribution in [1.82, 2.24) is 4.90 Å². The third kappa shape index (κ3) is 5.05. The van der Waals surface area contributed by atoms with Gasteiger partial charge in [-0.2, -0.15) is 0 Å². The van der Waals surface area contributed by atoms with E-state index >= 15 is 0 Å². The molecule has 1 aromatic rings. The van der Waals surface area contributed by atoms with Crippen LogP contribution in [0.15, 0.2) is 22.7 Å². The Bertz CT molecular complexity index is 462. The smallest absolute Gasteiger partial charge is 0.238 e. The minimum absolute atomic E-state index is 0. The first kappa shape index (κ1) is 17.4. The molecule has 0 radical (unpaired) electrons. The number of hydrogen-bond acceptors (Lipinski definition) is 3. The lowest BCUT2D eigenvalue weighted by atomic mass is 10.1. The zero-order chi connectivity index (χ0) is 13.8. The first-order valence-corrected chi connectivity index (χ1v) is 7.38. The van der Waals surface area contributed by atoms with Crippen LogP contribution in [0.2, 0.25) is 0 Å². The van der Waals surface area contributed by atoms with Crippen molar-refractivity contribution < 1.29 is 4.79 Å². The molecule has 1 saturated heterocycles. The molecule has 1 heterocycles. The third-order valence-electron chi connectivity index (χ3n) is 3.44. The molecule has 2 rings (SSSR count). The minimum atomic E-state index is 0. The molecular weight excluding hydrogens is 342 g/mol. The fraction of sp³-hybridized carbons (Fsp3) is 0.500. The van der Waals surface area contributed by atoms with Gasteiger partial charge in [0, 0.05) is 29.3 Å². The maximum atomic E-state index is 12.0. The van der Waals surface area contributed by atoms with Gasteiger partial charge in [-0.05, 0) is 43.5 Å². The molecular formula is C14H21BrClN3O. The SMILES string of the molecule is Cc1cc(NC(=O)CN2CCC(N)CC2)ccc1Br.Cl. The van der Waals surface area contributed by atoms with Gasteiger partial charge in [0.05, 0.1) is 6.54 Å². The van der Waals surface area contributed by atoms with E-state index in [1.807, 2.05) is 25.1 Å². The van der Waals surface area contributed by atoms with Crippen molar-refractivity contribution in [2.24, 2.45) is 5.73 Å². The maximum absolute atomic E-state index is 12.0. The molecule has 0 aromatic heterocycles. The third-order valence-corrected chi connectivity index (χ3v) is 4.33. The molecule has 0 unspecified atom stereocenters. The van der Waals surface area contributed by atoms with Crippen LogP contribution in [0.3, 0.4) is 0 Å². The molecule has 0 atom stereocenters. The van der Waals surface area contributed by atoms with Crippen LogP contribution in [0.25, 0.3) is 0 Å². The first-order chi connectivity index (χ1) is 9.04. The van der Waals surface area contributed by atoms with E-state index in [-0.39, 0.29) is 18.3 Å². The van der Waals surface area contributed by atoms with Gasteiger partial charge in [0.1, 0.15) is 0 Å². The van der Waals surface area contributed by atoms with E-state index in [4.69, 9.17) is 5.73 Å². The van der Waals surface area contributed by atoms with E-state index in [9.17, 15) is 4.79 Å². The summed E-state index contributed by atoms with van der Waals surface area (Å²) in [6.45, 7) is 4.27. The van der Waals surface area contributed by atoms with Crippen molar-refractivity contribution in [2.75, 3.05) is 25.0 Å². The highest BCUT2D eigenvalue weighted by molar-refractivity contribution is 9.10. The van der Waals surface area contributed by atoms with Gasteiger partial charge in [-0.1, -0.05) is 15.9 Å². The maximum Gasteiger partial charge on any atom is 0.238 e. The average Bonchev–Trinajstić information content (AvgIpc) is 2.37. The van der Waals surface area contributed by atoms with Gasteiger partial charge in [0.25, 0.3) is 0 Å². The standard InChI is InChI=1S/C14H20BrN3O.ClH/c1-10-8-12(2-3-13(10)15)17-14(19)9-18-6-4-11(16)5-7-18;/h2-3,8,11H,4-7,9,16H2,1H3,(H,17,19);1H. The molecule has 0 saturated carbocycles. The van der Waals surface area contributed by atoms with Crippen LogP contribution in [0, 0.1) is 6.92 Å². The highest BCUT2D eigenvalue weighted by atomic mass is 79.9. The molecule has 1 aliphatic heterocycles. The summed E-state index contributed by atoms with van der Waals surface area (Å²) in [7, 11) is 0. The largest absolute Gasteiger partial charge is 0.328 e. The Morgan fingerprint density at radius 2 is 2.10 bits per heavy atom. The number of nitrogens with two attached hydrogens (primary N) is 1. The molecule has 1 fully saturated rings. The monoisotopic (exact) mass is 361 g/mol. The first-order valence-electron chi connectivity index (χ1n) is 6.58. The lowest BCUT2D eigenvalue weighted by molar-refractivity contribution is -0.117. The van der Waals surface area contributed by atoms with Gasteiger partial charge in [0.2, 0.25) is 5.91 Å². The van der Waals surface area contributed by atoms with E-state index in [1.54, 1.807) is 0 Å². The van der Waals surface area contributed by atoms with Crippen molar-refractivity contribution >= 4 is 39.9 Å². The molecule has 6 heteroatoms. The van der Waals surface area contributed by atoms with Crippen LogP contribution in [-0.4, -0.2) is 36.5 Å². The number of amides is 1. The lowest BCUT2D eigenvalue weighted by Gasteiger charge is -2.29. The molecule has 3 N–H and O–H groups in total. The summed E-state index contributed by atoms with van der Waals surface area (Å²) in [5.41, 5.74) is 7.81. The van der Waals surface area contributed by atoms with Gasteiger partial charge in [-0.25, -0.2) is 0 Å². The highest BCUT2D eigenvalue weighted by Crippen LogP contribution is 2.20. The Hall–Kier alpha value is -0.620. The number of carbonyl (C=O) groups is 1. The molecule has 1 aliphatic rings. The number of halogens is 2. The van der Waals surface area contributed by atoms with Crippen molar-refractivity contribution in [3.63, 3.8) is 0 Å². The molecule has 20 heavy (non-hydrogen) atoms. The number of rotatable bonds is 3. The quantitative estimate of drug-likeness (QED) is 0.869. The minimum Gasteiger partial charge on any atom is -0.328 e. The molecule has 4 nitrogen and oxygen atoms in total. The number of nitrogens with zero attached hydrogens (tertiary/aromatic N) is 1. The molecule has 1 aromatic carbocycles. The van der Waals surface area contributed by atoms with Crippen LogP contribution >= 0.6 is 28.3 Å². The van der Waals surface area contributed by atoms with Crippen LogP contribution in [-0.2, 0) is 4.79 Å². The molecule has 0 spiro atoms. The molecule has 0 bridgehead atoms. The van der Waals surface area contributed by atoms with Crippen LogP contribution in [0.1, 0.15) is 18.4 Å². The summed E-state index contributed by atoms with van der Waals surface area (Å²) in [5.74, 6) is 0.0391. The predicted molar refractivity (Wildman–Crippen MR) is 88.4 cm³/mol. The normalized spacial score (nSPS) is 16.6. The number of benzene rings is 1.